The van der Waals surface area contributed by atoms with Crippen LogP contribution in [0.5, 0.6) is 0 Å². The van der Waals surface area contributed by atoms with Gasteiger partial charge in [-0.2, -0.15) is 0 Å². The number of esters is 1. The molecule has 3 atom stereocenters. The molecule has 1 saturated carbocycles. The van der Waals surface area contributed by atoms with Gasteiger partial charge in [0.15, 0.2) is 0 Å². The molecule has 18 heavy (non-hydrogen) atoms. The minimum atomic E-state index is -0.569. The van der Waals surface area contributed by atoms with Crippen LogP contribution in [0.3, 0.4) is 0 Å². The number of amides is 1. The minimum absolute atomic E-state index is 0.00935. The molecular weight excluding hydrogens is 232 g/mol. The number of carbonyl (C=O) groups excluding carboxylic acids is 2. The van der Waals surface area contributed by atoms with Gasteiger partial charge >= 0.3 is 5.97 Å². The van der Waals surface area contributed by atoms with Gasteiger partial charge in [0, 0.05) is 6.54 Å². The van der Waals surface area contributed by atoms with Crippen LogP contribution in [0.4, 0.5) is 0 Å². The van der Waals surface area contributed by atoms with E-state index < -0.39 is 12.0 Å². The average Bonchev–Trinajstić information content (AvgIpc) is 2.82. The SMILES string of the molecule is COC(=O)[C@@H](C)NC(=O)[C@@]12CCCC[C@H]1CNC2. The predicted octanol–water partition coefficient (Wildman–Crippen LogP) is 0.444. The first-order valence-corrected chi connectivity index (χ1v) is 6.69. The number of ether oxygens (including phenoxy) is 1. The first-order valence-electron chi connectivity index (χ1n) is 6.69. The fraction of sp³-hybridized carbons (Fsp3) is 0.846. The molecule has 0 aromatic rings. The van der Waals surface area contributed by atoms with E-state index in [1.54, 1.807) is 6.92 Å². The maximum atomic E-state index is 12.5. The summed E-state index contributed by atoms with van der Waals surface area (Å²) in [6.07, 6.45) is 4.32. The maximum absolute atomic E-state index is 12.5. The van der Waals surface area contributed by atoms with Crippen molar-refractivity contribution in [1.29, 1.82) is 0 Å². The summed E-state index contributed by atoms with van der Waals surface area (Å²) >= 11 is 0. The second kappa shape index (κ2) is 5.26. The van der Waals surface area contributed by atoms with Crippen molar-refractivity contribution in [2.75, 3.05) is 20.2 Å². The molecule has 0 bridgehead atoms. The molecule has 0 aromatic carbocycles. The maximum Gasteiger partial charge on any atom is 0.328 e. The average molecular weight is 254 g/mol. The summed E-state index contributed by atoms with van der Waals surface area (Å²) in [5, 5.41) is 6.13. The van der Waals surface area contributed by atoms with Crippen LogP contribution in [-0.2, 0) is 14.3 Å². The van der Waals surface area contributed by atoms with Gasteiger partial charge in [-0.3, -0.25) is 4.79 Å². The molecule has 2 fully saturated rings. The minimum Gasteiger partial charge on any atom is -0.467 e. The Hall–Kier alpha value is -1.10. The number of nitrogens with one attached hydrogen (secondary N) is 2. The van der Waals surface area contributed by atoms with Crippen molar-refractivity contribution in [1.82, 2.24) is 10.6 Å². The van der Waals surface area contributed by atoms with E-state index in [1.807, 2.05) is 0 Å². The van der Waals surface area contributed by atoms with Crippen LogP contribution in [0.2, 0.25) is 0 Å². The molecule has 0 radical (unpaired) electrons. The van der Waals surface area contributed by atoms with Crippen LogP contribution in [-0.4, -0.2) is 38.1 Å². The first kappa shape index (κ1) is 13.3. The lowest BCUT2D eigenvalue weighted by atomic mass is 9.67. The molecule has 1 heterocycles. The molecule has 0 unspecified atom stereocenters. The van der Waals surface area contributed by atoms with Crippen molar-refractivity contribution < 1.29 is 14.3 Å². The van der Waals surface area contributed by atoms with Crippen molar-refractivity contribution in [3.05, 3.63) is 0 Å². The van der Waals surface area contributed by atoms with E-state index in [9.17, 15) is 9.59 Å². The normalized spacial score (nSPS) is 32.4. The van der Waals surface area contributed by atoms with Crippen molar-refractivity contribution in [3.8, 4) is 0 Å². The Morgan fingerprint density at radius 1 is 1.44 bits per heavy atom. The summed E-state index contributed by atoms with van der Waals surface area (Å²) in [5.41, 5.74) is -0.305. The molecule has 102 valence electrons. The van der Waals surface area contributed by atoms with Gasteiger partial charge in [0.2, 0.25) is 5.91 Å². The quantitative estimate of drug-likeness (QED) is 0.717. The number of hydrogen-bond acceptors (Lipinski definition) is 4. The fourth-order valence-corrected chi connectivity index (χ4v) is 3.27. The number of rotatable bonds is 3. The molecule has 1 saturated heterocycles. The van der Waals surface area contributed by atoms with Gasteiger partial charge in [-0.05, 0) is 32.2 Å². The summed E-state index contributed by atoms with van der Waals surface area (Å²) in [5.74, 6) is 0.0317. The Labute approximate surface area is 108 Å². The zero-order chi connectivity index (χ0) is 13.2. The van der Waals surface area contributed by atoms with Gasteiger partial charge in [-0.15, -0.1) is 0 Å². The van der Waals surface area contributed by atoms with Crippen LogP contribution in [0, 0.1) is 11.3 Å². The van der Waals surface area contributed by atoms with E-state index in [2.05, 4.69) is 15.4 Å². The largest absolute Gasteiger partial charge is 0.467 e. The molecule has 0 spiro atoms. The standard InChI is InChI=1S/C13H22N2O3/c1-9(11(16)18-2)15-12(17)13-6-4-3-5-10(13)7-14-8-13/h9-10,14H,3-8H2,1-2H3,(H,15,17)/t9-,10+,13-/m1/s1. The molecule has 2 rings (SSSR count). The van der Waals surface area contributed by atoms with E-state index in [4.69, 9.17) is 0 Å². The zero-order valence-electron chi connectivity index (χ0n) is 11.1. The highest BCUT2D eigenvalue weighted by molar-refractivity contribution is 5.88. The summed E-state index contributed by atoms with van der Waals surface area (Å²) in [7, 11) is 1.34. The Balaban J connectivity index is 2.05. The number of hydrogen-bond donors (Lipinski definition) is 2. The predicted molar refractivity (Wildman–Crippen MR) is 66.9 cm³/mol. The van der Waals surface area contributed by atoms with Crippen molar-refractivity contribution >= 4 is 11.9 Å². The summed E-state index contributed by atoms with van der Waals surface area (Å²) < 4.78 is 4.64. The number of carbonyl (C=O) groups is 2. The van der Waals surface area contributed by atoms with Crippen molar-refractivity contribution in [2.45, 2.75) is 38.6 Å². The Morgan fingerprint density at radius 3 is 2.94 bits per heavy atom. The van der Waals surface area contributed by atoms with Gasteiger partial charge in [0.1, 0.15) is 6.04 Å². The molecule has 0 aromatic heterocycles. The van der Waals surface area contributed by atoms with E-state index in [0.29, 0.717) is 5.92 Å². The van der Waals surface area contributed by atoms with E-state index in [1.165, 1.54) is 13.5 Å². The summed E-state index contributed by atoms with van der Waals surface area (Å²) in [6, 6.07) is -0.569. The molecule has 2 N–H and O–H groups in total. The highest BCUT2D eigenvalue weighted by Crippen LogP contribution is 2.43. The van der Waals surface area contributed by atoms with E-state index in [0.717, 1.165) is 32.4 Å². The van der Waals surface area contributed by atoms with Crippen molar-refractivity contribution in [2.24, 2.45) is 11.3 Å². The van der Waals surface area contributed by atoms with Gasteiger partial charge in [-0.1, -0.05) is 12.8 Å². The highest BCUT2D eigenvalue weighted by Gasteiger charge is 2.50. The van der Waals surface area contributed by atoms with Crippen LogP contribution in [0.1, 0.15) is 32.6 Å². The second-order valence-electron chi connectivity index (χ2n) is 5.45. The van der Waals surface area contributed by atoms with Gasteiger partial charge in [-0.25, -0.2) is 4.79 Å². The van der Waals surface area contributed by atoms with Crippen molar-refractivity contribution in [3.63, 3.8) is 0 Å². The lowest BCUT2D eigenvalue weighted by Gasteiger charge is -2.37. The molecular formula is C13H22N2O3. The summed E-state index contributed by atoms with van der Waals surface area (Å²) in [4.78, 5) is 23.8. The lowest BCUT2D eigenvalue weighted by molar-refractivity contribution is -0.147. The number of fused-ring (bicyclic) bond motifs is 1. The zero-order valence-corrected chi connectivity index (χ0v) is 11.1. The highest BCUT2D eigenvalue weighted by atomic mass is 16.5. The summed E-state index contributed by atoms with van der Waals surface area (Å²) in [6.45, 7) is 3.32. The van der Waals surface area contributed by atoms with Crippen LogP contribution < -0.4 is 10.6 Å². The third kappa shape index (κ3) is 2.23. The Morgan fingerprint density at radius 2 is 2.22 bits per heavy atom. The molecule has 5 nitrogen and oxygen atoms in total. The third-order valence-corrected chi connectivity index (χ3v) is 4.39. The fourth-order valence-electron chi connectivity index (χ4n) is 3.27. The molecule has 5 heteroatoms. The molecule has 1 amide bonds. The molecule has 1 aliphatic heterocycles. The van der Waals surface area contributed by atoms with E-state index >= 15 is 0 Å². The van der Waals surface area contributed by atoms with Crippen LogP contribution >= 0.6 is 0 Å². The Kier molecular flexibility index (Phi) is 3.90. The molecule has 2 aliphatic rings. The van der Waals surface area contributed by atoms with E-state index in [-0.39, 0.29) is 11.3 Å². The van der Waals surface area contributed by atoms with Crippen LogP contribution in [0.15, 0.2) is 0 Å². The third-order valence-electron chi connectivity index (χ3n) is 4.39. The smallest absolute Gasteiger partial charge is 0.328 e. The van der Waals surface area contributed by atoms with Crippen LogP contribution in [0.25, 0.3) is 0 Å². The second-order valence-corrected chi connectivity index (χ2v) is 5.45. The lowest BCUT2D eigenvalue weighted by Crippen LogP contribution is -2.52. The number of methoxy groups -OCH3 is 1. The Bertz CT molecular complexity index is 345. The van der Waals surface area contributed by atoms with Gasteiger partial charge < -0.3 is 15.4 Å². The van der Waals surface area contributed by atoms with Gasteiger partial charge in [0.05, 0.1) is 12.5 Å². The monoisotopic (exact) mass is 254 g/mol. The molecule has 1 aliphatic carbocycles. The first-order chi connectivity index (χ1) is 8.60. The van der Waals surface area contributed by atoms with Gasteiger partial charge in [0.25, 0.3) is 0 Å². The topological polar surface area (TPSA) is 67.4 Å².